The first kappa shape index (κ1) is 31.1. The molecule has 5 nitrogen and oxygen atoms in total. The number of aromatic nitrogens is 4. The maximum absolute atomic E-state index is 12.1. The lowest BCUT2D eigenvalue weighted by Gasteiger charge is -2.27. The Morgan fingerprint density at radius 3 is 2.00 bits per heavy atom. The number of imidazole rings is 1. The van der Waals surface area contributed by atoms with Crippen molar-refractivity contribution in [2.75, 3.05) is 0 Å². The molecule has 0 unspecified atom stereocenters. The predicted octanol–water partition coefficient (Wildman–Crippen LogP) is 10.8. The van der Waals surface area contributed by atoms with Crippen LogP contribution in [0, 0.1) is 0 Å². The summed E-state index contributed by atoms with van der Waals surface area (Å²) >= 11 is 0. The third-order valence-corrected chi connectivity index (χ3v) is 8.94. The molecule has 5 heteroatoms. The summed E-state index contributed by atoms with van der Waals surface area (Å²) in [6, 6.07) is 39.3. The molecule has 0 atom stereocenters. The molecule has 0 aliphatic heterocycles. The third-order valence-electron chi connectivity index (χ3n) is 8.94. The lowest BCUT2D eigenvalue weighted by Crippen LogP contribution is -2.17. The molecular weight excluding hydrogens is 589 g/mol. The van der Waals surface area contributed by atoms with Crippen LogP contribution in [-0.2, 0) is 10.8 Å². The second kappa shape index (κ2) is 11.9. The van der Waals surface area contributed by atoms with E-state index in [1.54, 1.807) is 0 Å². The van der Waals surface area contributed by atoms with E-state index in [0.29, 0.717) is 17.0 Å². The summed E-state index contributed by atoms with van der Waals surface area (Å²) < 4.78 is 2.12. The van der Waals surface area contributed by atoms with Crippen LogP contribution >= 0.6 is 0 Å². The Labute approximate surface area is 282 Å². The van der Waals surface area contributed by atoms with Gasteiger partial charge in [-0.05, 0) is 63.9 Å². The van der Waals surface area contributed by atoms with Gasteiger partial charge in [0.15, 0.2) is 11.5 Å². The Morgan fingerprint density at radius 2 is 1.27 bits per heavy atom. The highest BCUT2D eigenvalue weighted by molar-refractivity contribution is 5.95. The zero-order chi connectivity index (χ0) is 33.6. The molecule has 0 bridgehead atoms. The van der Waals surface area contributed by atoms with Crippen molar-refractivity contribution in [1.82, 2.24) is 19.5 Å². The highest BCUT2D eigenvalue weighted by Crippen LogP contribution is 2.45. The van der Waals surface area contributed by atoms with Gasteiger partial charge >= 0.3 is 0 Å². The highest BCUT2D eigenvalue weighted by Gasteiger charge is 2.29. The molecule has 1 N–H and O–H groups in total. The van der Waals surface area contributed by atoms with Gasteiger partial charge in [-0.2, -0.15) is 0 Å². The third kappa shape index (κ3) is 5.66. The zero-order valence-corrected chi connectivity index (χ0v) is 28.4. The summed E-state index contributed by atoms with van der Waals surface area (Å²) in [6.45, 7) is 13.0. The van der Waals surface area contributed by atoms with Crippen molar-refractivity contribution in [3.8, 4) is 56.3 Å². The van der Waals surface area contributed by atoms with Crippen LogP contribution < -0.4 is 0 Å². The van der Waals surface area contributed by atoms with Gasteiger partial charge in [-0.3, -0.25) is 9.55 Å². The number of benzene rings is 4. The van der Waals surface area contributed by atoms with E-state index in [2.05, 4.69) is 130 Å². The summed E-state index contributed by atoms with van der Waals surface area (Å²) in [4.78, 5) is 15.0. The van der Waals surface area contributed by atoms with Crippen LogP contribution in [-0.4, -0.2) is 24.6 Å². The molecule has 3 aromatic heterocycles. The minimum absolute atomic E-state index is 0.156. The van der Waals surface area contributed by atoms with Gasteiger partial charge in [0.1, 0.15) is 11.3 Å². The van der Waals surface area contributed by atoms with Gasteiger partial charge in [-0.15, -0.1) is 0 Å². The quantitative estimate of drug-likeness (QED) is 0.206. The number of hydrogen-bond donors (Lipinski definition) is 1. The summed E-state index contributed by atoms with van der Waals surface area (Å²) in [5.41, 5.74) is 10.7. The number of pyridine rings is 2. The molecule has 7 aromatic rings. The molecule has 0 aliphatic rings. The first-order valence-electron chi connectivity index (χ1n) is 16.4. The van der Waals surface area contributed by atoms with Gasteiger partial charge in [0.05, 0.1) is 16.9 Å². The Bertz CT molecular complexity index is 2260. The Balaban J connectivity index is 1.57. The van der Waals surface area contributed by atoms with E-state index in [0.717, 1.165) is 55.8 Å². The van der Waals surface area contributed by atoms with E-state index < -0.39 is 0 Å². The molecule has 3 heterocycles. The fraction of sp³-hybridized carbons (Fsp3) is 0.186. The summed E-state index contributed by atoms with van der Waals surface area (Å²) in [7, 11) is 0. The monoisotopic (exact) mass is 628 g/mol. The number of phenols is 1. The van der Waals surface area contributed by atoms with E-state index in [1.165, 1.54) is 0 Å². The van der Waals surface area contributed by atoms with Gasteiger partial charge in [-0.1, -0.05) is 120 Å². The maximum atomic E-state index is 12.1. The van der Waals surface area contributed by atoms with Crippen LogP contribution in [0.2, 0.25) is 0 Å². The van der Waals surface area contributed by atoms with Crippen molar-refractivity contribution in [2.45, 2.75) is 52.4 Å². The number of rotatable bonds is 5. The smallest absolute Gasteiger partial charge is 0.165 e. The normalized spacial score (nSPS) is 12.0. The zero-order valence-electron chi connectivity index (χ0n) is 28.4. The van der Waals surface area contributed by atoms with Gasteiger partial charge < -0.3 is 5.11 Å². The molecule has 0 saturated heterocycles. The van der Waals surface area contributed by atoms with Crippen LogP contribution in [0.4, 0.5) is 0 Å². The fourth-order valence-corrected chi connectivity index (χ4v) is 6.33. The van der Waals surface area contributed by atoms with Crippen LogP contribution in [0.25, 0.3) is 61.8 Å². The maximum Gasteiger partial charge on any atom is 0.165 e. The number of hydrogen-bond acceptors (Lipinski definition) is 4. The molecule has 0 spiro atoms. The Hall–Kier alpha value is -5.55. The summed E-state index contributed by atoms with van der Waals surface area (Å²) in [5.74, 6) is 0.881. The standard InChI is InChI=1S/C43H40N4O/c1-42(2,3)31-26-34(39(48)35(27-31)43(4,5)6)40-46-38-33(29-17-14-18-30(25-29)36-20-12-13-23-44-36)22-24-45-41(38)47(40)37-21-11-10-19-32(37)28-15-8-7-9-16-28/h7-27,48H,1-6H3. The van der Waals surface area contributed by atoms with Crippen molar-refractivity contribution in [2.24, 2.45) is 0 Å². The number of fused-ring (bicyclic) bond motifs is 1. The lowest BCUT2D eigenvalue weighted by molar-refractivity contribution is 0.446. The largest absolute Gasteiger partial charge is 0.507 e. The van der Waals surface area contributed by atoms with Crippen LogP contribution in [0.3, 0.4) is 0 Å². The number of nitrogens with zero attached hydrogens (tertiary/aromatic N) is 4. The van der Waals surface area contributed by atoms with Crippen LogP contribution in [0.1, 0.15) is 52.7 Å². The van der Waals surface area contributed by atoms with Crippen LogP contribution in [0.15, 0.2) is 128 Å². The topological polar surface area (TPSA) is 63.8 Å². The van der Waals surface area contributed by atoms with E-state index >= 15 is 0 Å². The molecule has 0 saturated carbocycles. The highest BCUT2D eigenvalue weighted by atomic mass is 16.3. The van der Waals surface area contributed by atoms with Gasteiger partial charge in [0.2, 0.25) is 0 Å². The van der Waals surface area contributed by atoms with Gasteiger partial charge in [-0.25, -0.2) is 9.97 Å². The Kier molecular flexibility index (Phi) is 7.71. The predicted molar refractivity (Wildman–Crippen MR) is 197 cm³/mol. The van der Waals surface area contributed by atoms with Crippen molar-refractivity contribution >= 4 is 11.2 Å². The number of aromatic hydroxyl groups is 1. The minimum Gasteiger partial charge on any atom is -0.507 e. The first-order chi connectivity index (χ1) is 23.0. The molecule has 48 heavy (non-hydrogen) atoms. The fourth-order valence-electron chi connectivity index (χ4n) is 6.33. The SMILES string of the molecule is CC(C)(C)c1cc(-c2nc3c(-c4cccc(-c5ccccn5)c4)ccnc3n2-c2ccccc2-c2ccccc2)c(O)c(C(C)(C)C)c1. The molecule has 4 aromatic carbocycles. The van der Waals surface area contributed by atoms with E-state index in [-0.39, 0.29) is 16.6 Å². The molecule has 0 radical (unpaired) electrons. The van der Waals surface area contributed by atoms with E-state index in [9.17, 15) is 5.11 Å². The molecule has 7 rings (SSSR count). The van der Waals surface area contributed by atoms with Crippen LogP contribution in [0.5, 0.6) is 5.75 Å². The summed E-state index contributed by atoms with van der Waals surface area (Å²) in [5, 5.41) is 12.1. The molecule has 0 aliphatic carbocycles. The van der Waals surface area contributed by atoms with Crippen molar-refractivity contribution in [3.05, 3.63) is 139 Å². The van der Waals surface area contributed by atoms with Gasteiger partial charge in [0, 0.05) is 34.6 Å². The summed E-state index contributed by atoms with van der Waals surface area (Å²) in [6.07, 6.45) is 3.67. The van der Waals surface area contributed by atoms with Crippen molar-refractivity contribution < 1.29 is 5.11 Å². The van der Waals surface area contributed by atoms with Crippen molar-refractivity contribution in [1.29, 1.82) is 0 Å². The van der Waals surface area contributed by atoms with Gasteiger partial charge in [0.25, 0.3) is 0 Å². The first-order valence-corrected chi connectivity index (χ1v) is 16.4. The average molecular weight is 629 g/mol. The Morgan fingerprint density at radius 1 is 0.562 bits per heavy atom. The molecular formula is C43H40N4O. The molecule has 238 valence electrons. The van der Waals surface area contributed by atoms with Crippen molar-refractivity contribution in [3.63, 3.8) is 0 Å². The van der Waals surface area contributed by atoms with E-state index in [4.69, 9.17) is 9.97 Å². The van der Waals surface area contributed by atoms with E-state index in [1.807, 2.05) is 48.8 Å². The second-order valence-electron chi connectivity index (χ2n) is 14.4. The number of para-hydroxylation sites is 1. The minimum atomic E-state index is -0.297. The lowest BCUT2D eigenvalue weighted by atomic mass is 9.79. The average Bonchev–Trinajstić information content (AvgIpc) is 3.47. The second-order valence-corrected chi connectivity index (χ2v) is 14.4. The molecule has 0 fully saturated rings. The molecule has 0 amide bonds. The number of phenolic OH excluding ortho intramolecular Hbond substituents is 1.